The Kier molecular flexibility index (Phi) is 7.43. The number of benzene rings is 2. The van der Waals surface area contributed by atoms with Gasteiger partial charge in [-0.1, -0.05) is 17.7 Å². The van der Waals surface area contributed by atoms with Crippen LogP contribution in [0, 0.1) is 6.92 Å². The van der Waals surface area contributed by atoms with Crippen LogP contribution >= 0.6 is 11.6 Å². The van der Waals surface area contributed by atoms with Crippen molar-refractivity contribution in [2.45, 2.75) is 30.8 Å². The van der Waals surface area contributed by atoms with Crippen molar-refractivity contribution in [1.29, 1.82) is 0 Å². The van der Waals surface area contributed by atoms with Gasteiger partial charge in [-0.05, 0) is 55.7 Å². The maximum absolute atomic E-state index is 13.2. The van der Waals surface area contributed by atoms with Crippen molar-refractivity contribution in [3.63, 3.8) is 0 Å². The topological polar surface area (TPSA) is 99.8 Å². The molecule has 0 spiro atoms. The highest BCUT2D eigenvalue weighted by Crippen LogP contribution is 2.31. The lowest BCUT2D eigenvalue weighted by molar-refractivity contribution is 0.0858. The van der Waals surface area contributed by atoms with E-state index in [1.807, 2.05) is 6.92 Å². The van der Waals surface area contributed by atoms with E-state index in [1.165, 1.54) is 12.1 Å². The van der Waals surface area contributed by atoms with Gasteiger partial charge in [-0.3, -0.25) is 9.52 Å². The Morgan fingerprint density at radius 1 is 1.21 bits per heavy atom. The first-order chi connectivity index (χ1) is 15.8. The zero-order valence-electron chi connectivity index (χ0n) is 18.6. The maximum Gasteiger partial charge on any atom is 0.262 e. The number of sulfonamides is 1. The molecule has 2 aromatic carbocycles. The minimum absolute atomic E-state index is 0.0262. The molecule has 1 amide bonds. The molecular formula is C23H29ClN4O4S. The number of ether oxygens (including phenoxy) is 1. The number of nitrogens with zero attached hydrogens (tertiary/aromatic N) is 1. The second-order valence-corrected chi connectivity index (χ2v) is 10.4. The first-order valence-corrected chi connectivity index (χ1v) is 13.0. The summed E-state index contributed by atoms with van der Waals surface area (Å²) in [6.07, 6.45) is 1.94. The molecule has 2 fully saturated rings. The van der Waals surface area contributed by atoms with Crippen LogP contribution in [-0.4, -0.2) is 59.8 Å². The van der Waals surface area contributed by atoms with Gasteiger partial charge in [-0.2, -0.15) is 0 Å². The molecule has 8 nitrogen and oxygen atoms in total. The SMILES string of the molecule is Cc1ccc(S(=O)(=O)Nc2cc(C(=O)NCC3CCCO3)ccc2N2CCNCC2)cc1Cl. The zero-order valence-corrected chi connectivity index (χ0v) is 20.1. The van der Waals surface area contributed by atoms with E-state index < -0.39 is 10.0 Å². The van der Waals surface area contributed by atoms with Crippen LogP contribution in [0.25, 0.3) is 0 Å². The maximum atomic E-state index is 13.2. The number of halogens is 1. The van der Waals surface area contributed by atoms with Gasteiger partial charge >= 0.3 is 0 Å². The predicted octanol–water partition coefficient (Wildman–Crippen LogP) is 2.77. The second kappa shape index (κ2) is 10.3. The molecule has 10 heteroatoms. The molecule has 33 heavy (non-hydrogen) atoms. The molecule has 2 aromatic rings. The molecule has 0 saturated carbocycles. The van der Waals surface area contributed by atoms with Crippen molar-refractivity contribution in [3.8, 4) is 0 Å². The Labute approximate surface area is 199 Å². The lowest BCUT2D eigenvalue weighted by atomic mass is 10.1. The summed E-state index contributed by atoms with van der Waals surface area (Å²) in [6.45, 7) is 6.02. The summed E-state index contributed by atoms with van der Waals surface area (Å²) in [5, 5.41) is 6.56. The average Bonchev–Trinajstić information content (AvgIpc) is 3.33. The van der Waals surface area contributed by atoms with Crippen LogP contribution in [0.2, 0.25) is 5.02 Å². The fourth-order valence-corrected chi connectivity index (χ4v) is 5.34. The first kappa shape index (κ1) is 23.8. The summed E-state index contributed by atoms with van der Waals surface area (Å²) in [5.41, 5.74) is 2.26. The van der Waals surface area contributed by atoms with Crippen LogP contribution in [-0.2, 0) is 14.8 Å². The Balaban J connectivity index is 1.61. The van der Waals surface area contributed by atoms with Crippen LogP contribution in [0.4, 0.5) is 11.4 Å². The van der Waals surface area contributed by atoms with Gasteiger partial charge in [0.2, 0.25) is 0 Å². The molecule has 2 saturated heterocycles. The minimum atomic E-state index is -3.91. The molecule has 0 radical (unpaired) electrons. The van der Waals surface area contributed by atoms with Crippen molar-refractivity contribution in [2.75, 3.05) is 49.0 Å². The highest BCUT2D eigenvalue weighted by molar-refractivity contribution is 7.92. The summed E-state index contributed by atoms with van der Waals surface area (Å²) in [6, 6.07) is 9.74. The van der Waals surface area contributed by atoms with E-state index in [0.717, 1.165) is 56.9 Å². The summed E-state index contributed by atoms with van der Waals surface area (Å²) in [5.74, 6) is -0.267. The third-order valence-electron chi connectivity index (χ3n) is 5.93. The van der Waals surface area contributed by atoms with Crippen LogP contribution in [0.1, 0.15) is 28.8 Å². The lowest BCUT2D eigenvalue weighted by Gasteiger charge is -2.31. The zero-order chi connectivity index (χ0) is 23.4. The smallest absolute Gasteiger partial charge is 0.262 e. The highest BCUT2D eigenvalue weighted by Gasteiger charge is 2.23. The van der Waals surface area contributed by atoms with Crippen LogP contribution in [0.15, 0.2) is 41.3 Å². The number of hydrogen-bond donors (Lipinski definition) is 3. The van der Waals surface area contributed by atoms with Gasteiger partial charge < -0.3 is 20.3 Å². The largest absolute Gasteiger partial charge is 0.376 e. The molecule has 1 unspecified atom stereocenters. The third kappa shape index (κ3) is 5.78. The van der Waals surface area contributed by atoms with Gasteiger partial charge in [0, 0.05) is 49.9 Å². The van der Waals surface area contributed by atoms with Gasteiger partial charge in [0.05, 0.1) is 22.4 Å². The highest BCUT2D eigenvalue weighted by atomic mass is 35.5. The fourth-order valence-electron chi connectivity index (χ4n) is 4.00. The summed E-state index contributed by atoms with van der Waals surface area (Å²) in [7, 11) is -3.91. The normalized spacial score (nSPS) is 18.8. The van der Waals surface area contributed by atoms with E-state index in [1.54, 1.807) is 24.3 Å². The van der Waals surface area contributed by atoms with Crippen LogP contribution < -0.4 is 20.3 Å². The first-order valence-electron chi connectivity index (χ1n) is 11.1. The summed E-state index contributed by atoms with van der Waals surface area (Å²) >= 11 is 6.16. The molecule has 0 bridgehead atoms. The molecule has 2 aliphatic rings. The van der Waals surface area contributed by atoms with Crippen molar-refractivity contribution in [1.82, 2.24) is 10.6 Å². The minimum Gasteiger partial charge on any atom is -0.376 e. The fraction of sp³-hybridized carbons (Fsp3) is 0.435. The Bertz CT molecular complexity index is 1110. The number of carbonyl (C=O) groups is 1. The van der Waals surface area contributed by atoms with E-state index in [4.69, 9.17) is 16.3 Å². The number of nitrogens with one attached hydrogen (secondary N) is 3. The van der Waals surface area contributed by atoms with E-state index in [-0.39, 0.29) is 16.9 Å². The standard InChI is InChI=1S/C23H29ClN4O4S/c1-16-4-6-19(14-20(16)24)33(30,31)27-21-13-17(23(29)26-15-18-3-2-12-32-18)5-7-22(21)28-10-8-25-9-11-28/h4-7,13-14,18,25,27H,2-3,8-12,15H2,1H3,(H,26,29). The number of hydrogen-bond acceptors (Lipinski definition) is 6. The number of amides is 1. The van der Waals surface area contributed by atoms with E-state index in [0.29, 0.717) is 22.8 Å². The van der Waals surface area contributed by atoms with Gasteiger partial charge in [-0.25, -0.2) is 8.42 Å². The van der Waals surface area contributed by atoms with E-state index in [2.05, 4.69) is 20.3 Å². The number of rotatable bonds is 7. The molecule has 2 heterocycles. The molecule has 0 aliphatic carbocycles. The molecule has 3 N–H and O–H groups in total. The average molecular weight is 493 g/mol. The Morgan fingerprint density at radius 3 is 2.70 bits per heavy atom. The van der Waals surface area contributed by atoms with Crippen LogP contribution in [0.5, 0.6) is 0 Å². The Hall–Kier alpha value is -2.33. The number of aryl methyl sites for hydroxylation is 1. The molecule has 178 valence electrons. The van der Waals surface area contributed by atoms with Crippen molar-refractivity contribution < 1.29 is 17.9 Å². The van der Waals surface area contributed by atoms with Gasteiger partial charge in [0.15, 0.2) is 0 Å². The van der Waals surface area contributed by atoms with E-state index >= 15 is 0 Å². The monoisotopic (exact) mass is 492 g/mol. The third-order valence-corrected chi connectivity index (χ3v) is 7.70. The van der Waals surface area contributed by atoms with Gasteiger partial charge in [0.25, 0.3) is 15.9 Å². The lowest BCUT2D eigenvalue weighted by Crippen LogP contribution is -2.43. The van der Waals surface area contributed by atoms with Crippen molar-refractivity contribution in [2.24, 2.45) is 0 Å². The molecular weight excluding hydrogens is 464 g/mol. The number of anilines is 2. The number of carbonyl (C=O) groups excluding carboxylic acids is 1. The van der Waals surface area contributed by atoms with Crippen LogP contribution in [0.3, 0.4) is 0 Å². The molecule has 0 aromatic heterocycles. The summed E-state index contributed by atoms with van der Waals surface area (Å²) < 4.78 is 34.6. The number of piperazine rings is 1. The molecule has 2 aliphatic heterocycles. The second-order valence-electron chi connectivity index (χ2n) is 8.33. The summed E-state index contributed by atoms with van der Waals surface area (Å²) in [4.78, 5) is 14.9. The molecule has 4 rings (SSSR count). The van der Waals surface area contributed by atoms with E-state index in [9.17, 15) is 13.2 Å². The molecule has 1 atom stereocenters. The van der Waals surface area contributed by atoms with Crippen molar-refractivity contribution in [3.05, 3.63) is 52.5 Å². The van der Waals surface area contributed by atoms with Gasteiger partial charge in [0.1, 0.15) is 0 Å². The van der Waals surface area contributed by atoms with Crippen molar-refractivity contribution >= 4 is 38.9 Å². The van der Waals surface area contributed by atoms with Gasteiger partial charge in [-0.15, -0.1) is 0 Å². The Morgan fingerprint density at radius 2 is 2.00 bits per heavy atom. The predicted molar refractivity (Wildman–Crippen MR) is 130 cm³/mol. The quantitative estimate of drug-likeness (QED) is 0.549.